The van der Waals surface area contributed by atoms with Gasteiger partial charge in [-0.25, -0.2) is 14.1 Å². The minimum Gasteiger partial charge on any atom is -0.382 e. The topological polar surface area (TPSA) is 50.9 Å². The van der Waals surface area contributed by atoms with Crippen molar-refractivity contribution in [1.82, 2.24) is 14.8 Å². The lowest BCUT2D eigenvalue weighted by molar-refractivity contribution is 0.0430. The Bertz CT molecular complexity index is 609. The molecule has 1 N–H and O–H groups in total. The third-order valence-electron chi connectivity index (χ3n) is 4.02. The fourth-order valence-corrected chi connectivity index (χ4v) is 2.52. The van der Waals surface area contributed by atoms with E-state index in [0.29, 0.717) is 24.5 Å². The molecule has 4 nitrogen and oxygen atoms in total. The molecule has 5 heteroatoms. The molecule has 106 valence electrons. The second kappa shape index (κ2) is 4.66. The standard InChI is InChI=1S/C15H18FN3O/c1-3-15(2,20)14-17-13-11(16)9-12(19(13)18-14)10-7-5-4-6-8-10/h4-8,11-12,20H,3,9H2,1-2H3. The van der Waals surface area contributed by atoms with Crippen molar-refractivity contribution >= 4 is 0 Å². The van der Waals surface area contributed by atoms with Gasteiger partial charge in [0.05, 0.1) is 6.04 Å². The molecule has 3 unspecified atom stereocenters. The van der Waals surface area contributed by atoms with Crippen LogP contribution in [0.3, 0.4) is 0 Å². The summed E-state index contributed by atoms with van der Waals surface area (Å²) >= 11 is 0. The number of alkyl halides is 1. The molecule has 2 aromatic rings. The first kappa shape index (κ1) is 13.2. The number of hydrogen-bond donors (Lipinski definition) is 1. The summed E-state index contributed by atoms with van der Waals surface area (Å²) in [5, 5.41) is 14.6. The molecule has 0 bridgehead atoms. The first-order valence-corrected chi connectivity index (χ1v) is 6.91. The van der Waals surface area contributed by atoms with E-state index in [4.69, 9.17) is 0 Å². The van der Waals surface area contributed by atoms with Crippen LogP contribution in [-0.2, 0) is 5.60 Å². The molecule has 2 heterocycles. The molecule has 1 aromatic heterocycles. The van der Waals surface area contributed by atoms with Crippen molar-refractivity contribution in [3.05, 3.63) is 47.5 Å². The van der Waals surface area contributed by atoms with Gasteiger partial charge in [-0.2, -0.15) is 5.10 Å². The molecular weight excluding hydrogens is 257 g/mol. The van der Waals surface area contributed by atoms with Crippen LogP contribution in [0.5, 0.6) is 0 Å². The minimum absolute atomic E-state index is 0.143. The molecule has 1 aliphatic rings. The number of rotatable bonds is 3. The molecule has 0 spiro atoms. The van der Waals surface area contributed by atoms with Crippen LogP contribution in [0.2, 0.25) is 0 Å². The predicted molar refractivity (Wildman–Crippen MR) is 72.9 cm³/mol. The number of benzene rings is 1. The summed E-state index contributed by atoms with van der Waals surface area (Å²) in [6, 6.07) is 9.58. The average molecular weight is 275 g/mol. The molecule has 3 rings (SSSR count). The third kappa shape index (κ3) is 2.02. The van der Waals surface area contributed by atoms with Gasteiger partial charge in [-0.05, 0) is 18.9 Å². The van der Waals surface area contributed by atoms with Gasteiger partial charge in [0.25, 0.3) is 0 Å². The van der Waals surface area contributed by atoms with Crippen LogP contribution in [0, 0.1) is 0 Å². The van der Waals surface area contributed by atoms with E-state index in [1.54, 1.807) is 11.6 Å². The van der Waals surface area contributed by atoms with Crippen LogP contribution in [-0.4, -0.2) is 19.9 Å². The van der Waals surface area contributed by atoms with E-state index >= 15 is 0 Å². The Hall–Kier alpha value is -1.75. The SMILES string of the molecule is CCC(C)(O)c1nc2n(n1)C(c1ccccc1)CC2F. The third-order valence-corrected chi connectivity index (χ3v) is 4.02. The van der Waals surface area contributed by atoms with Crippen molar-refractivity contribution < 1.29 is 9.50 Å². The van der Waals surface area contributed by atoms with E-state index in [2.05, 4.69) is 10.1 Å². The maximum absolute atomic E-state index is 14.2. The largest absolute Gasteiger partial charge is 0.382 e. The second-order valence-electron chi connectivity index (χ2n) is 5.50. The molecule has 0 radical (unpaired) electrons. The van der Waals surface area contributed by atoms with Crippen LogP contribution in [0.15, 0.2) is 30.3 Å². The highest BCUT2D eigenvalue weighted by Crippen LogP contribution is 2.40. The maximum Gasteiger partial charge on any atom is 0.182 e. The van der Waals surface area contributed by atoms with Crippen molar-refractivity contribution in [2.24, 2.45) is 0 Å². The summed E-state index contributed by atoms with van der Waals surface area (Å²) in [5.74, 6) is 0.626. The number of halogens is 1. The molecule has 1 aliphatic heterocycles. The van der Waals surface area contributed by atoms with Crippen molar-refractivity contribution in [2.75, 3.05) is 0 Å². The fourth-order valence-electron chi connectivity index (χ4n) is 2.52. The molecular formula is C15H18FN3O. The molecule has 20 heavy (non-hydrogen) atoms. The van der Waals surface area contributed by atoms with Gasteiger partial charge in [0.15, 0.2) is 17.8 Å². The Morgan fingerprint density at radius 1 is 1.40 bits per heavy atom. The molecule has 0 amide bonds. The van der Waals surface area contributed by atoms with Gasteiger partial charge in [-0.3, -0.25) is 0 Å². The van der Waals surface area contributed by atoms with Crippen molar-refractivity contribution in [1.29, 1.82) is 0 Å². The summed E-state index contributed by atoms with van der Waals surface area (Å²) < 4.78 is 15.8. The van der Waals surface area contributed by atoms with Crippen LogP contribution < -0.4 is 0 Å². The lowest BCUT2D eigenvalue weighted by atomic mass is 10.0. The molecule has 3 atom stereocenters. The van der Waals surface area contributed by atoms with Gasteiger partial charge in [-0.1, -0.05) is 37.3 Å². The van der Waals surface area contributed by atoms with Gasteiger partial charge >= 0.3 is 0 Å². The molecule has 0 saturated heterocycles. The monoisotopic (exact) mass is 275 g/mol. The number of aromatic nitrogens is 3. The molecule has 0 saturated carbocycles. The first-order chi connectivity index (χ1) is 9.53. The Balaban J connectivity index is 2.02. The smallest absolute Gasteiger partial charge is 0.182 e. The van der Waals surface area contributed by atoms with E-state index in [-0.39, 0.29) is 6.04 Å². The maximum atomic E-state index is 14.2. The van der Waals surface area contributed by atoms with Crippen LogP contribution >= 0.6 is 0 Å². The van der Waals surface area contributed by atoms with E-state index in [1.165, 1.54) is 0 Å². The van der Waals surface area contributed by atoms with Gasteiger partial charge in [-0.15, -0.1) is 0 Å². The van der Waals surface area contributed by atoms with Crippen LogP contribution in [0.4, 0.5) is 4.39 Å². The zero-order valence-corrected chi connectivity index (χ0v) is 11.6. The number of hydrogen-bond acceptors (Lipinski definition) is 3. The van der Waals surface area contributed by atoms with Crippen molar-refractivity contribution in [3.8, 4) is 0 Å². The van der Waals surface area contributed by atoms with Crippen LogP contribution in [0.25, 0.3) is 0 Å². The summed E-state index contributed by atoms with van der Waals surface area (Å²) in [4.78, 5) is 4.22. The van der Waals surface area contributed by atoms with E-state index < -0.39 is 11.8 Å². The molecule has 0 aliphatic carbocycles. The lowest BCUT2D eigenvalue weighted by Gasteiger charge is -2.17. The van der Waals surface area contributed by atoms with Crippen molar-refractivity contribution in [3.63, 3.8) is 0 Å². The zero-order chi connectivity index (χ0) is 14.3. The average Bonchev–Trinajstić information content (AvgIpc) is 3.01. The lowest BCUT2D eigenvalue weighted by Crippen LogP contribution is -2.22. The Labute approximate surface area is 117 Å². The Kier molecular flexibility index (Phi) is 3.09. The predicted octanol–water partition coefficient (Wildman–Crippen LogP) is 2.90. The highest BCUT2D eigenvalue weighted by Gasteiger charge is 2.38. The first-order valence-electron chi connectivity index (χ1n) is 6.91. The Morgan fingerprint density at radius 3 is 2.75 bits per heavy atom. The quantitative estimate of drug-likeness (QED) is 0.937. The Morgan fingerprint density at radius 2 is 2.10 bits per heavy atom. The second-order valence-corrected chi connectivity index (χ2v) is 5.50. The summed E-state index contributed by atoms with van der Waals surface area (Å²) in [5.41, 5.74) is -0.0975. The van der Waals surface area contributed by atoms with E-state index in [1.807, 2.05) is 37.3 Å². The zero-order valence-electron chi connectivity index (χ0n) is 11.6. The minimum atomic E-state index is -1.13. The van der Waals surface area contributed by atoms with Crippen molar-refractivity contribution in [2.45, 2.75) is 44.5 Å². The number of nitrogens with zero attached hydrogens (tertiary/aromatic N) is 3. The van der Waals surface area contributed by atoms with E-state index in [0.717, 1.165) is 5.56 Å². The van der Waals surface area contributed by atoms with Gasteiger partial charge in [0.1, 0.15) is 5.60 Å². The van der Waals surface area contributed by atoms with Crippen LogP contribution in [0.1, 0.15) is 56.1 Å². The fraction of sp³-hybridized carbons (Fsp3) is 0.467. The highest BCUT2D eigenvalue weighted by molar-refractivity contribution is 5.24. The van der Waals surface area contributed by atoms with E-state index in [9.17, 15) is 9.50 Å². The number of aliphatic hydroxyl groups is 1. The van der Waals surface area contributed by atoms with Gasteiger partial charge in [0, 0.05) is 6.42 Å². The summed E-state index contributed by atoms with van der Waals surface area (Å²) in [6.45, 7) is 3.51. The van der Waals surface area contributed by atoms with Gasteiger partial charge in [0.2, 0.25) is 0 Å². The normalized spacial score (nSPS) is 24.4. The summed E-state index contributed by atoms with van der Waals surface area (Å²) in [7, 11) is 0. The molecule has 0 fully saturated rings. The van der Waals surface area contributed by atoms with Gasteiger partial charge < -0.3 is 5.11 Å². The number of fused-ring (bicyclic) bond motifs is 1. The highest BCUT2D eigenvalue weighted by atomic mass is 19.1. The molecule has 1 aromatic carbocycles. The summed E-state index contributed by atoms with van der Waals surface area (Å²) in [6.07, 6.45) is -0.286.